The van der Waals surface area contributed by atoms with E-state index in [0.29, 0.717) is 6.42 Å². The number of carbonyl (C=O) groups is 1. The summed E-state index contributed by atoms with van der Waals surface area (Å²) in [6, 6.07) is 16.4. The lowest BCUT2D eigenvalue weighted by Gasteiger charge is -2.14. The van der Waals surface area contributed by atoms with Gasteiger partial charge in [-0.05, 0) is 31.9 Å². The summed E-state index contributed by atoms with van der Waals surface area (Å²) >= 11 is 0. The van der Waals surface area contributed by atoms with Gasteiger partial charge in [0, 0.05) is 0 Å². The first-order chi connectivity index (χ1) is 9.54. The maximum Gasteiger partial charge on any atom is 0.224 e. The first-order valence-corrected chi connectivity index (χ1v) is 6.96. The molecule has 1 amide bonds. The molecule has 2 aromatic rings. The van der Waals surface area contributed by atoms with Gasteiger partial charge in [0.25, 0.3) is 0 Å². The summed E-state index contributed by atoms with van der Waals surface area (Å²) in [5, 5.41) is 3.04. The number of hydrogen-bond donors (Lipinski definition) is 1. The average molecular weight is 267 g/mol. The number of carbonyl (C=O) groups excluding carboxylic acids is 1. The van der Waals surface area contributed by atoms with Crippen molar-refractivity contribution in [2.75, 3.05) is 0 Å². The van der Waals surface area contributed by atoms with Crippen LogP contribution in [0.2, 0.25) is 0 Å². The summed E-state index contributed by atoms with van der Waals surface area (Å²) in [7, 11) is 0. The predicted molar refractivity (Wildman–Crippen MR) is 82.6 cm³/mol. The number of nitrogens with one attached hydrogen (secondary N) is 1. The van der Waals surface area contributed by atoms with Gasteiger partial charge in [-0.15, -0.1) is 0 Å². The summed E-state index contributed by atoms with van der Waals surface area (Å²) in [6.07, 6.45) is 0.427. The van der Waals surface area contributed by atoms with Crippen molar-refractivity contribution in [3.8, 4) is 0 Å². The summed E-state index contributed by atoms with van der Waals surface area (Å²) < 4.78 is 0. The molecule has 1 atom stereocenters. The maximum atomic E-state index is 12.0. The zero-order valence-electron chi connectivity index (χ0n) is 12.3. The zero-order valence-corrected chi connectivity index (χ0v) is 12.3. The minimum atomic E-state index is 0.0357. The minimum absolute atomic E-state index is 0.0357. The largest absolute Gasteiger partial charge is 0.349 e. The van der Waals surface area contributed by atoms with E-state index in [1.54, 1.807) is 0 Å². The highest BCUT2D eigenvalue weighted by Crippen LogP contribution is 2.13. The van der Waals surface area contributed by atoms with Crippen molar-refractivity contribution in [3.05, 3.63) is 70.8 Å². The molecule has 20 heavy (non-hydrogen) atoms. The van der Waals surface area contributed by atoms with Gasteiger partial charge in [-0.2, -0.15) is 0 Å². The molecule has 0 saturated heterocycles. The van der Waals surface area contributed by atoms with Crippen LogP contribution in [-0.4, -0.2) is 5.91 Å². The molecule has 0 radical (unpaired) electrons. The Morgan fingerprint density at radius 2 is 1.45 bits per heavy atom. The van der Waals surface area contributed by atoms with E-state index in [-0.39, 0.29) is 11.9 Å². The first kappa shape index (κ1) is 14.3. The van der Waals surface area contributed by atoms with Crippen LogP contribution in [0.4, 0.5) is 0 Å². The van der Waals surface area contributed by atoms with Crippen molar-refractivity contribution in [3.63, 3.8) is 0 Å². The van der Waals surface area contributed by atoms with Crippen molar-refractivity contribution >= 4 is 5.91 Å². The minimum Gasteiger partial charge on any atom is -0.349 e. The Bertz CT molecular complexity index is 569. The van der Waals surface area contributed by atoms with E-state index in [4.69, 9.17) is 0 Å². The highest BCUT2D eigenvalue weighted by atomic mass is 16.1. The van der Waals surface area contributed by atoms with Gasteiger partial charge in [-0.1, -0.05) is 59.7 Å². The average Bonchev–Trinajstić information content (AvgIpc) is 2.42. The fourth-order valence-corrected chi connectivity index (χ4v) is 2.12. The SMILES string of the molecule is Cc1ccc(CC(=O)N[C@@H](C)c2ccc(C)cc2)cc1. The third-order valence-electron chi connectivity index (χ3n) is 3.44. The Morgan fingerprint density at radius 3 is 2.00 bits per heavy atom. The molecule has 104 valence electrons. The number of aryl methyl sites for hydroxylation is 2. The molecule has 2 aromatic carbocycles. The van der Waals surface area contributed by atoms with E-state index in [1.165, 1.54) is 11.1 Å². The Hall–Kier alpha value is -2.09. The topological polar surface area (TPSA) is 29.1 Å². The van der Waals surface area contributed by atoms with Crippen molar-refractivity contribution in [2.24, 2.45) is 0 Å². The third-order valence-corrected chi connectivity index (χ3v) is 3.44. The molecule has 0 spiro atoms. The normalized spacial score (nSPS) is 11.9. The summed E-state index contributed by atoms with van der Waals surface area (Å²) in [6.45, 7) is 6.12. The van der Waals surface area contributed by atoms with Gasteiger partial charge in [-0.3, -0.25) is 4.79 Å². The summed E-state index contributed by atoms with van der Waals surface area (Å²) in [4.78, 5) is 12.0. The van der Waals surface area contributed by atoms with Crippen LogP contribution in [0.1, 0.15) is 35.2 Å². The number of benzene rings is 2. The summed E-state index contributed by atoms with van der Waals surface area (Å²) in [5.74, 6) is 0.0573. The van der Waals surface area contributed by atoms with E-state index in [2.05, 4.69) is 36.5 Å². The Kier molecular flexibility index (Phi) is 4.57. The molecule has 0 bridgehead atoms. The number of hydrogen-bond acceptors (Lipinski definition) is 1. The molecule has 0 fully saturated rings. The predicted octanol–water partition coefficient (Wildman–Crippen LogP) is 3.72. The van der Waals surface area contributed by atoms with Crippen LogP contribution in [0.3, 0.4) is 0 Å². The Morgan fingerprint density at radius 1 is 0.950 bits per heavy atom. The summed E-state index contributed by atoms with van der Waals surface area (Å²) in [5.41, 5.74) is 4.62. The molecular weight excluding hydrogens is 246 g/mol. The monoisotopic (exact) mass is 267 g/mol. The van der Waals surface area contributed by atoms with E-state index in [0.717, 1.165) is 11.1 Å². The standard InChI is InChI=1S/C18H21NO/c1-13-4-8-16(9-5-13)12-18(20)19-15(3)17-10-6-14(2)7-11-17/h4-11,15H,12H2,1-3H3,(H,19,20)/t15-/m0/s1. The van der Waals surface area contributed by atoms with Crippen LogP contribution in [-0.2, 0) is 11.2 Å². The molecule has 0 aliphatic rings. The van der Waals surface area contributed by atoms with Crippen molar-refractivity contribution in [2.45, 2.75) is 33.2 Å². The van der Waals surface area contributed by atoms with Crippen LogP contribution in [0.5, 0.6) is 0 Å². The molecule has 2 nitrogen and oxygen atoms in total. The lowest BCUT2D eigenvalue weighted by Crippen LogP contribution is -2.28. The molecule has 2 heteroatoms. The number of amides is 1. The highest BCUT2D eigenvalue weighted by Gasteiger charge is 2.09. The van der Waals surface area contributed by atoms with Crippen molar-refractivity contribution < 1.29 is 4.79 Å². The van der Waals surface area contributed by atoms with Crippen molar-refractivity contribution in [1.29, 1.82) is 0 Å². The maximum absolute atomic E-state index is 12.0. The van der Waals surface area contributed by atoms with Gasteiger partial charge in [0.15, 0.2) is 0 Å². The van der Waals surface area contributed by atoms with E-state index in [1.807, 2.05) is 38.1 Å². The van der Waals surface area contributed by atoms with E-state index >= 15 is 0 Å². The van der Waals surface area contributed by atoms with Crippen LogP contribution >= 0.6 is 0 Å². The molecule has 0 unspecified atom stereocenters. The highest BCUT2D eigenvalue weighted by molar-refractivity contribution is 5.79. The fraction of sp³-hybridized carbons (Fsp3) is 0.278. The van der Waals surface area contributed by atoms with E-state index in [9.17, 15) is 4.79 Å². The second-order valence-corrected chi connectivity index (χ2v) is 5.36. The second-order valence-electron chi connectivity index (χ2n) is 5.36. The van der Waals surface area contributed by atoms with Gasteiger partial charge in [0.2, 0.25) is 5.91 Å². The Balaban J connectivity index is 1.93. The molecule has 2 rings (SSSR count). The molecule has 0 heterocycles. The third kappa shape index (κ3) is 3.95. The van der Waals surface area contributed by atoms with Crippen LogP contribution in [0, 0.1) is 13.8 Å². The lowest BCUT2D eigenvalue weighted by atomic mass is 10.1. The van der Waals surface area contributed by atoms with Gasteiger partial charge in [-0.25, -0.2) is 0 Å². The van der Waals surface area contributed by atoms with Gasteiger partial charge in [0.1, 0.15) is 0 Å². The molecular formula is C18H21NO. The molecule has 0 aromatic heterocycles. The van der Waals surface area contributed by atoms with Crippen LogP contribution in [0.25, 0.3) is 0 Å². The van der Waals surface area contributed by atoms with Gasteiger partial charge in [0.05, 0.1) is 12.5 Å². The second kappa shape index (κ2) is 6.38. The Labute approximate surface area is 120 Å². The van der Waals surface area contributed by atoms with Crippen LogP contribution < -0.4 is 5.32 Å². The quantitative estimate of drug-likeness (QED) is 0.898. The fourth-order valence-electron chi connectivity index (χ4n) is 2.12. The van der Waals surface area contributed by atoms with E-state index < -0.39 is 0 Å². The van der Waals surface area contributed by atoms with Gasteiger partial charge >= 0.3 is 0 Å². The molecule has 0 aliphatic carbocycles. The molecule has 0 aliphatic heterocycles. The lowest BCUT2D eigenvalue weighted by molar-refractivity contribution is -0.121. The smallest absolute Gasteiger partial charge is 0.224 e. The van der Waals surface area contributed by atoms with Crippen molar-refractivity contribution in [1.82, 2.24) is 5.32 Å². The van der Waals surface area contributed by atoms with Crippen LogP contribution in [0.15, 0.2) is 48.5 Å². The molecule has 1 N–H and O–H groups in total. The zero-order chi connectivity index (χ0) is 14.5. The first-order valence-electron chi connectivity index (χ1n) is 6.96. The molecule has 0 saturated carbocycles. The number of rotatable bonds is 4. The van der Waals surface area contributed by atoms with Gasteiger partial charge < -0.3 is 5.32 Å².